The van der Waals surface area contributed by atoms with Crippen LogP contribution in [0.4, 0.5) is 5.69 Å². The van der Waals surface area contributed by atoms with Gasteiger partial charge in [0.1, 0.15) is 0 Å². The van der Waals surface area contributed by atoms with Crippen LogP contribution in [-0.4, -0.2) is 15.5 Å². The Morgan fingerprint density at radius 3 is 2.57 bits per heavy atom. The van der Waals surface area contributed by atoms with Crippen molar-refractivity contribution in [2.45, 2.75) is 13.8 Å². The summed E-state index contributed by atoms with van der Waals surface area (Å²) in [6.45, 7) is 3.98. The van der Waals surface area contributed by atoms with E-state index in [9.17, 15) is 4.79 Å². The molecule has 4 nitrogen and oxygen atoms in total. The van der Waals surface area contributed by atoms with Gasteiger partial charge >= 0.3 is 0 Å². The second-order valence-electron chi connectivity index (χ2n) is 5.28. The third-order valence-electron chi connectivity index (χ3n) is 3.71. The number of rotatable bonds is 2. The molecule has 0 saturated heterocycles. The lowest BCUT2D eigenvalue weighted by molar-refractivity contribution is 0.102. The lowest BCUT2D eigenvalue weighted by Crippen LogP contribution is -2.13. The number of carbonyl (C=O) groups is 1. The molecule has 0 atom stereocenters. The van der Waals surface area contributed by atoms with E-state index in [0.29, 0.717) is 5.56 Å². The van der Waals surface area contributed by atoms with Crippen molar-refractivity contribution in [3.05, 3.63) is 59.4 Å². The van der Waals surface area contributed by atoms with Gasteiger partial charge in [-0.05, 0) is 43.2 Å². The molecule has 0 aliphatic heterocycles. The molecule has 0 aliphatic carbocycles. The quantitative estimate of drug-likeness (QED) is 0.781. The Morgan fingerprint density at radius 1 is 1.14 bits per heavy atom. The number of aromatic nitrogens is 2. The lowest BCUT2D eigenvalue weighted by Gasteiger charge is -2.11. The van der Waals surface area contributed by atoms with Crippen LogP contribution in [0.25, 0.3) is 11.0 Å². The van der Waals surface area contributed by atoms with E-state index in [1.165, 1.54) is 0 Å². The van der Waals surface area contributed by atoms with Crippen LogP contribution in [0.1, 0.15) is 21.5 Å². The molecule has 21 heavy (non-hydrogen) atoms. The highest BCUT2D eigenvalue weighted by Crippen LogP contribution is 2.21. The first-order valence-electron chi connectivity index (χ1n) is 6.85. The molecule has 0 bridgehead atoms. The second kappa shape index (κ2) is 5.05. The molecule has 1 heterocycles. The van der Waals surface area contributed by atoms with E-state index in [2.05, 4.69) is 10.3 Å². The molecule has 0 fully saturated rings. The Kier molecular flexibility index (Phi) is 3.22. The van der Waals surface area contributed by atoms with Crippen LogP contribution >= 0.6 is 0 Å². The summed E-state index contributed by atoms with van der Waals surface area (Å²) in [5.74, 6) is -0.111. The number of nitrogens with one attached hydrogen (secondary N) is 1. The maximum Gasteiger partial charge on any atom is 0.255 e. The van der Waals surface area contributed by atoms with Gasteiger partial charge in [0.15, 0.2) is 0 Å². The summed E-state index contributed by atoms with van der Waals surface area (Å²) in [6, 6.07) is 11.5. The minimum absolute atomic E-state index is 0.111. The molecule has 3 rings (SSSR count). The highest BCUT2D eigenvalue weighted by atomic mass is 16.1. The van der Waals surface area contributed by atoms with E-state index >= 15 is 0 Å². The van der Waals surface area contributed by atoms with Gasteiger partial charge in [0.2, 0.25) is 0 Å². The van der Waals surface area contributed by atoms with Crippen molar-refractivity contribution >= 4 is 22.6 Å². The second-order valence-corrected chi connectivity index (χ2v) is 5.28. The number of amides is 1. The maximum atomic E-state index is 12.4. The number of anilines is 1. The van der Waals surface area contributed by atoms with Crippen LogP contribution in [-0.2, 0) is 7.05 Å². The van der Waals surface area contributed by atoms with Crippen LogP contribution in [0.3, 0.4) is 0 Å². The van der Waals surface area contributed by atoms with Gasteiger partial charge in [0, 0.05) is 18.3 Å². The highest BCUT2D eigenvalue weighted by Gasteiger charge is 2.11. The van der Waals surface area contributed by atoms with Gasteiger partial charge in [-0.2, -0.15) is 0 Å². The van der Waals surface area contributed by atoms with Crippen LogP contribution < -0.4 is 5.32 Å². The summed E-state index contributed by atoms with van der Waals surface area (Å²) in [6.07, 6.45) is 1.75. The molecule has 4 heteroatoms. The molecular weight excluding hydrogens is 262 g/mol. The van der Waals surface area contributed by atoms with Crippen LogP contribution in [0, 0.1) is 13.8 Å². The van der Waals surface area contributed by atoms with Crippen molar-refractivity contribution in [2.24, 2.45) is 7.05 Å². The average molecular weight is 279 g/mol. The zero-order chi connectivity index (χ0) is 15.0. The summed E-state index contributed by atoms with van der Waals surface area (Å²) in [4.78, 5) is 16.7. The molecule has 1 N–H and O–H groups in total. The number of imidazole rings is 1. The first-order chi connectivity index (χ1) is 10.1. The van der Waals surface area contributed by atoms with Crippen molar-refractivity contribution in [2.75, 3.05) is 5.32 Å². The first kappa shape index (κ1) is 13.4. The van der Waals surface area contributed by atoms with Crippen molar-refractivity contribution in [3.8, 4) is 0 Å². The third-order valence-corrected chi connectivity index (χ3v) is 3.71. The Hall–Kier alpha value is -2.62. The van der Waals surface area contributed by atoms with Gasteiger partial charge in [0.05, 0.1) is 17.4 Å². The fraction of sp³-hybridized carbons (Fsp3) is 0.176. The number of hydrogen-bond donors (Lipinski definition) is 1. The standard InChI is InChI=1S/C17H17N3O/c1-11-5-4-6-12(2)16(11)19-17(21)13-7-8-15-14(9-13)18-10-20(15)3/h4-10H,1-3H3,(H,19,21). The Labute approximate surface area is 123 Å². The van der Waals surface area contributed by atoms with Crippen LogP contribution in [0.2, 0.25) is 0 Å². The van der Waals surface area contributed by atoms with Crippen molar-refractivity contribution < 1.29 is 4.79 Å². The van der Waals surface area contributed by atoms with Crippen molar-refractivity contribution in [1.29, 1.82) is 0 Å². The number of nitrogens with zero attached hydrogens (tertiary/aromatic N) is 2. The summed E-state index contributed by atoms with van der Waals surface area (Å²) in [7, 11) is 1.94. The summed E-state index contributed by atoms with van der Waals surface area (Å²) in [5, 5.41) is 2.99. The Bertz CT molecular complexity index is 813. The van der Waals surface area contributed by atoms with Crippen molar-refractivity contribution in [3.63, 3.8) is 0 Å². The number of aryl methyl sites for hydroxylation is 3. The number of hydrogen-bond acceptors (Lipinski definition) is 2. The molecule has 0 saturated carbocycles. The third kappa shape index (κ3) is 2.40. The number of fused-ring (bicyclic) bond motifs is 1. The van der Waals surface area contributed by atoms with Gasteiger partial charge in [-0.15, -0.1) is 0 Å². The van der Waals surface area contributed by atoms with E-state index < -0.39 is 0 Å². The van der Waals surface area contributed by atoms with E-state index in [1.807, 2.05) is 61.9 Å². The molecule has 0 unspecified atom stereocenters. The normalized spacial score (nSPS) is 10.8. The number of benzene rings is 2. The highest BCUT2D eigenvalue weighted by molar-refractivity contribution is 6.06. The monoisotopic (exact) mass is 279 g/mol. The number of para-hydroxylation sites is 1. The van der Waals surface area contributed by atoms with Gasteiger partial charge in [-0.3, -0.25) is 4.79 Å². The zero-order valence-corrected chi connectivity index (χ0v) is 12.3. The molecule has 0 aliphatic rings. The fourth-order valence-electron chi connectivity index (χ4n) is 2.47. The largest absolute Gasteiger partial charge is 0.334 e. The van der Waals surface area contributed by atoms with E-state index in [0.717, 1.165) is 27.8 Å². The molecule has 2 aromatic carbocycles. The summed E-state index contributed by atoms with van der Waals surface area (Å²) < 4.78 is 1.93. The smallest absolute Gasteiger partial charge is 0.255 e. The topological polar surface area (TPSA) is 46.9 Å². The predicted octanol–water partition coefficient (Wildman–Crippen LogP) is 3.44. The van der Waals surface area contributed by atoms with Crippen LogP contribution in [0.5, 0.6) is 0 Å². The first-order valence-corrected chi connectivity index (χ1v) is 6.85. The SMILES string of the molecule is Cc1cccc(C)c1NC(=O)c1ccc2c(c1)ncn2C. The Balaban J connectivity index is 1.93. The molecular formula is C17H17N3O. The molecule has 1 amide bonds. The molecule has 3 aromatic rings. The minimum atomic E-state index is -0.111. The molecule has 0 spiro atoms. The van der Waals surface area contributed by atoms with E-state index in [4.69, 9.17) is 0 Å². The van der Waals surface area contributed by atoms with Gasteiger partial charge in [-0.25, -0.2) is 4.98 Å². The summed E-state index contributed by atoms with van der Waals surface area (Å²) >= 11 is 0. The molecule has 1 aromatic heterocycles. The predicted molar refractivity (Wildman–Crippen MR) is 84.6 cm³/mol. The van der Waals surface area contributed by atoms with Crippen molar-refractivity contribution in [1.82, 2.24) is 9.55 Å². The maximum absolute atomic E-state index is 12.4. The Morgan fingerprint density at radius 2 is 1.86 bits per heavy atom. The fourth-order valence-corrected chi connectivity index (χ4v) is 2.47. The lowest BCUT2D eigenvalue weighted by atomic mass is 10.1. The van der Waals surface area contributed by atoms with E-state index in [1.54, 1.807) is 6.33 Å². The van der Waals surface area contributed by atoms with Crippen LogP contribution in [0.15, 0.2) is 42.7 Å². The zero-order valence-electron chi connectivity index (χ0n) is 12.3. The van der Waals surface area contributed by atoms with Gasteiger partial charge in [-0.1, -0.05) is 18.2 Å². The van der Waals surface area contributed by atoms with E-state index in [-0.39, 0.29) is 5.91 Å². The average Bonchev–Trinajstić information content (AvgIpc) is 2.84. The van der Waals surface area contributed by atoms with Gasteiger partial charge < -0.3 is 9.88 Å². The number of carbonyl (C=O) groups excluding carboxylic acids is 1. The van der Waals surface area contributed by atoms with Gasteiger partial charge in [0.25, 0.3) is 5.91 Å². The molecule has 106 valence electrons. The minimum Gasteiger partial charge on any atom is -0.334 e. The summed E-state index contributed by atoms with van der Waals surface area (Å²) in [5.41, 5.74) is 5.45. The molecule has 0 radical (unpaired) electrons.